The zero-order valence-corrected chi connectivity index (χ0v) is 11.0. The van der Waals surface area contributed by atoms with Gasteiger partial charge in [-0.3, -0.25) is 4.79 Å². The molecule has 1 atom stereocenters. The van der Waals surface area contributed by atoms with Crippen molar-refractivity contribution >= 4 is 5.97 Å². The summed E-state index contributed by atoms with van der Waals surface area (Å²) in [5.74, 6) is -0.847. The molecule has 4 nitrogen and oxygen atoms in total. The van der Waals surface area contributed by atoms with Gasteiger partial charge in [-0.1, -0.05) is 24.3 Å². The van der Waals surface area contributed by atoms with E-state index in [1.165, 1.54) is 0 Å². The second-order valence-corrected chi connectivity index (χ2v) is 4.13. The molecule has 0 saturated heterocycles. The second kappa shape index (κ2) is 7.84. The minimum absolute atomic E-state index is 0.630. The molecule has 100 valence electrons. The van der Waals surface area contributed by atoms with Crippen LogP contribution < -0.4 is 5.32 Å². The molecule has 4 heteroatoms. The lowest BCUT2D eigenvalue weighted by Gasteiger charge is -2.16. The lowest BCUT2D eigenvalue weighted by molar-refractivity contribution is -0.139. The van der Waals surface area contributed by atoms with E-state index in [9.17, 15) is 9.90 Å². The highest BCUT2D eigenvalue weighted by Crippen LogP contribution is 2.17. The summed E-state index contributed by atoms with van der Waals surface area (Å²) in [5.41, 5.74) is 1.81. The van der Waals surface area contributed by atoms with Crippen LogP contribution in [0.3, 0.4) is 0 Å². The highest BCUT2D eigenvalue weighted by Gasteiger charge is 2.20. The number of benzene rings is 1. The first-order valence-corrected chi connectivity index (χ1v) is 6.26. The van der Waals surface area contributed by atoms with Gasteiger partial charge in [0.15, 0.2) is 0 Å². The van der Waals surface area contributed by atoms with Crippen molar-refractivity contribution < 1.29 is 14.6 Å². The van der Waals surface area contributed by atoms with Crippen molar-refractivity contribution in [2.75, 3.05) is 19.8 Å². The van der Waals surface area contributed by atoms with Crippen LogP contribution in [0.2, 0.25) is 0 Å². The average molecular weight is 251 g/mol. The Morgan fingerprint density at radius 1 is 1.44 bits per heavy atom. The van der Waals surface area contributed by atoms with Gasteiger partial charge < -0.3 is 15.2 Å². The van der Waals surface area contributed by atoms with Crippen LogP contribution in [0.1, 0.15) is 30.5 Å². The first kappa shape index (κ1) is 14.7. The van der Waals surface area contributed by atoms with Crippen LogP contribution in [0.25, 0.3) is 0 Å². The maximum absolute atomic E-state index is 11.3. The van der Waals surface area contributed by atoms with E-state index in [-0.39, 0.29) is 0 Å². The van der Waals surface area contributed by atoms with Gasteiger partial charge in [-0.25, -0.2) is 0 Å². The van der Waals surface area contributed by atoms with Crippen molar-refractivity contribution in [3.63, 3.8) is 0 Å². The molecule has 0 aliphatic rings. The maximum Gasteiger partial charge on any atom is 0.325 e. The van der Waals surface area contributed by atoms with Crippen molar-refractivity contribution in [3.8, 4) is 0 Å². The Labute approximate surface area is 108 Å². The topological polar surface area (TPSA) is 58.6 Å². The zero-order chi connectivity index (χ0) is 13.4. The molecule has 0 saturated carbocycles. The highest BCUT2D eigenvalue weighted by molar-refractivity contribution is 5.76. The Bertz CT molecular complexity index is 379. The number of ether oxygens (including phenoxy) is 1. The fourth-order valence-corrected chi connectivity index (χ4v) is 1.81. The van der Waals surface area contributed by atoms with E-state index in [2.05, 4.69) is 5.32 Å². The summed E-state index contributed by atoms with van der Waals surface area (Å²) in [5, 5.41) is 12.3. The van der Waals surface area contributed by atoms with Crippen LogP contribution in [0, 0.1) is 6.92 Å². The number of nitrogens with one attached hydrogen (secondary N) is 1. The van der Waals surface area contributed by atoms with Crippen LogP contribution in [-0.2, 0) is 9.53 Å². The monoisotopic (exact) mass is 251 g/mol. The smallest absolute Gasteiger partial charge is 0.325 e. The Hall–Kier alpha value is -1.39. The Morgan fingerprint density at radius 3 is 2.78 bits per heavy atom. The molecule has 0 fully saturated rings. The van der Waals surface area contributed by atoms with Gasteiger partial charge in [-0.15, -0.1) is 0 Å². The van der Waals surface area contributed by atoms with E-state index in [0.717, 1.165) is 17.5 Å². The van der Waals surface area contributed by atoms with Gasteiger partial charge in [-0.05, 0) is 37.9 Å². The van der Waals surface area contributed by atoms with Crippen molar-refractivity contribution in [2.45, 2.75) is 26.3 Å². The van der Waals surface area contributed by atoms with Gasteiger partial charge in [0.25, 0.3) is 0 Å². The number of hydrogen-bond donors (Lipinski definition) is 2. The number of carbonyl (C=O) groups is 1. The lowest BCUT2D eigenvalue weighted by atomic mass is 10.0. The van der Waals surface area contributed by atoms with Crippen molar-refractivity contribution in [2.24, 2.45) is 0 Å². The highest BCUT2D eigenvalue weighted by atomic mass is 16.5. The van der Waals surface area contributed by atoms with E-state index in [1.54, 1.807) is 0 Å². The average Bonchev–Trinajstić information content (AvgIpc) is 2.35. The van der Waals surface area contributed by atoms with Crippen LogP contribution >= 0.6 is 0 Å². The third-order valence-corrected chi connectivity index (χ3v) is 2.76. The first-order valence-electron chi connectivity index (χ1n) is 6.26. The van der Waals surface area contributed by atoms with E-state index >= 15 is 0 Å². The van der Waals surface area contributed by atoms with Crippen LogP contribution in [0.4, 0.5) is 0 Å². The van der Waals surface area contributed by atoms with Crippen molar-refractivity contribution in [1.82, 2.24) is 5.32 Å². The molecule has 0 aromatic heterocycles. The Morgan fingerprint density at radius 2 is 2.17 bits per heavy atom. The molecule has 1 aromatic carbocycles. The maximum atomic E-state index is 11.3. The molecule has 0 amide bonds. The number of rotatable bonds is 8. The lowest BCUT2D eigenvalue weighted by Crippen LogP contribution is -2.30. The number of carboxylic acids is 1. The fourth-order valence-electron chi connectivity index (χ4n) is 1.81. The van der Waals surface area contributed by atoms with Crippen LogP contribution in [0.15, 0.2) is 24.3 Å². The zero-order valence-electron chi connectivity index (χ0n) is 11.0. The summed E-state index contributed by atoms with van der Waals surface area (Å²) in [6.07, 6.45) is 0.809. The quantitative estimate of drug-likeness (QED) is 0.695. The molecule has 2 N–H and O–H groups in total. The first-order chi connectivity index (χ1) is 8.66. The summed E-state index contributed by atoms with van der Waals surface area (Å²) >= 11 is 0. The number of hydrogen-bond acceptors (Lipinski definition) is 3. The summed E-state index contributed by atoms with van der Waals surface area (Å²) in [6, 6.07) is 6.90. The standard InChI is InChI=1S/C14H21NO3/c1-3-18-10-6-9-15-13(14(16)17)12-8-5-4-7-11(12)2/h4-5,7-8,13,15H,3,6,9-10H2,1-2H3,(H,16,17). The van der Waals surface area contributed by atoms with Gasteiger partial charge in [0.05, 0.1) is 0 Å². The second-order valence-electron chi connectivity index (χ2n) is 4.13. The molecule has 0 heterocycles. The van der Waals surface area contributed by atoms with Crippen LogP contribution in [0.5, 0.6) is 0 Å². The molecular formula is C14H21NO3. The van der Waals surface area contributed by atoms with Crippen molar-refractivity contribution in [3.05, 3.63) is 35.4 Å². The summed E-state index contributed by atoms with van der Waals surface area (Å²) in [4.78, 5) is 11.3. The molecule has 1 aromatic rings. The minimum Gasteiger partial charge on any atom is -0.480 e. The number of aliphatic carboxylic acids is 1. The third kappa shape index (κ3) is 4.47. The number of aryl methyl sites for hydroxylation is 1. The molecule has 18 heavy (non-hydrogen) atoms. The third-order valence-electron chi connectivity index (χ3n) is 2.76. The molecular weight excluding hydrogens is 230 g/mol. The predicted molar refractivity (Wildman–Crippen MR) is 70.7 cm³/mol. The molecule has 1 rings (SSSR count). The summed E-state index contributed by atoms with van der Waals surface area (Å²) < 4.78 is 5.22. The van der Waals surface area contributed by atoms with Crippen LogP contribution in [-0.4, -0.2) is 30.8 Å². The van der Waals surface area contributed by atoms with E-state index in [1.807, 2.05) is 38.1 Å². The van der Waals surface area contributed by atoms with Gasteiger partial charge in [0.1, 0.15) is 6.04 Å². The minimum atomic E-state index is -0.847. The largest absolute Gasteiger partial charge is 0.480 e. The molecule has 0 aliphatic carbocycles. The number of carboxylic acid groups (broad SMARTS) is 1. The molecule has 1 unspecified atom stereocenters. The molecule has 0 bridgehead atoms. The predicted octanol–water partition coefficient (Wildman–Crippen LogP) is 2.14. The van der Waals surface area contributed by atoms with Gasteiger partial charge >= 0.3 is 5.97 Å². The fraction of sp³-hybridized carbons (Fsp3) is 0.500. The normalized spacial score (nSPS) is 12.3. The van der Waals surface area contributed by atoms with Gasteiger partial charge in [-0.2, -0.15) is 0 Å². The Kier molecular flexibility index (Phi) is 6.39. The van der Waals surface area contributed by atoms with E-state index < -0.39 is 12.0 Å². The van der Waals surface area contributed by atoms with Gasteiger partial charge in [0, 0.05) is 13.2 Å². The van der Waals surface area contributed by atoms with E-state index in [0.29, 0.717) is 19.8 Å². The summed E-state index contributed by atoms with van der Waals surface area (Å²) in [7, 11) is 0. The SMILES string of the molecule is CCOCCCNC(C(=O)O)c1ccccc1C. The van der Waals surface area contributed by atoms with Crippen molar-refractivity contribution in [1.29, 1.82) is 0 Å². The molecule has 0 radical (unpaired) electrons. The summed E-state index contributed by atoms with van der Waals surface area (Å²) in [6.45, 7) is 5.85. The molecule has 0 spiro atoms. The van der Waals surface area contributed by atoms with E-state index in [4.69, 9.17) is 4.74 Å². The Balaban J connectivity index is 2.56. The molecule has 0 aliphatic heterocycles. The van der Waals surface area contributed by atoms with Gasteiger partial charge in [0.2, 0.25) is 0 Å².